The molecular weight excluding hydrogens is 329 g/mol. The third-order valence-electron chi connectivity index (χ3n) is 3.45. The Morgan fingerprint density at radius 2 is 1.76 bits per heavy atom. The second kappa shape index (κ2) is 8.29. The average Bonchev–Trinajstić information content (AvgIpc) is 2.51. The van der Waals surface area contributed by atoms with Gasteiger partial charge in [0.2, 0.25) is 0 Å². The molecule has 7 heteroatoms. The SMILES string of the molecule is COc1cc(F)ccc1[C@@H](OC(=O)C(C)(C)C)[C@H](C)OC(=O)[C@H](C)N. The van der Waals surface area contributed by atoms with Crippen molar-refractivity contribution in [3.05, 3.63) is 29.6 Å². The van der Waals surface area contributed by atoms with Crippen molar-refractivity contribution in [2.75, 3.05) is 7.11 Å². The number of carbonyl (C=O) groups excluding carboxylic acids is 2. The highest BCUT2D eigenvalue weighted by Gasteiger charge is 2.34. The number of esters is 2. The fraction of sp³-hybridized carbons (Fsp3) is 0.556. The summed E-state index contributed by atoms with van der Waals surface area (Å²) in [7, 11) is 1.37. The molecule has 0 saturated carbocycles. The Kier molecular flexibility index (Phi) is 6.93. The fourth-order valence-corrected chi connectivity index (χ4v) is 1.98. The van der Waals surface area contributed by atoms with E-state index in [-0.39, 0.29) is 5.75 Å². The van der Waals surface area contributed by atoms with E-state index in [1.165, 1.54) is 32.2 Å². The number of rotatable bonds is 6. The topological polar surface area (TPSA) is 87.9 Å². The molecule has 0 amide bonds. The van der Waals surface area contributed by atoms with Gasteiger partial charge in [0, 0.05) is 11.6 Å². The first kappa shape index (κ1) is 20.9. The first-order valence-corrected chi connectivity index (χ1v) is 7.98. The van der Waals surface area contributed by atoms with Gasteiger partial charge in [-0.3, -0.25) is 9.59 Å². The molecule has 0 aromatic heterocycles. The number of methoxy groups -OCH3 is 1. The van der Waals surface area contributed by atoms with Crippen molar-refractivity contribution in [1.29, 1.82) is 0 Å². The van der Waals surface area contributed by atoms with Crippen LogP contribution in [0.1, 0.15) is 46.3 Å². The summed E-state index contributed by atoms with van der Waals surface area (Å²) in [4.78, 5) is 24.1. The van der Waals surface area contributed by atoms with Crippen LogP contribution in [-0.2, 0) is 19.1 Å². The molecule has 0 saturated heterocycles. The van der Waals surface area contributed by atoms with E-state index in [2.05, 4.69) is 0 Å². The van der Waals surface area contributed by atoms with Gasteiger partial charge in [0.1, 0.15) is 23.7 Å². The summed E-state index contributed by atoms with van der Waals surface area (Å²) in [5, 5.41) is 0. The van der Waals surface area contributed by atoms with Crippen molar-refractivity contribution in [3.63, 3.8) is 0 Å². The van der Waals surface area contributed by atoms with Crippen LogP contribution in [0.4, 0.5) is 4.39 Å². The predicted molar refractivity (Wildman–Crippen MR) is 90.4 cm³/mol. The minimum atomic E-state index is -0.968. The molecule has 0 fully saturated rings. The van der Waals surface area contributed by atoms with Gasteiger partial charge in [0.15, 0.2) is 6.10 Å². The molecule has 0 spiro atoms. The number of carbonyl (C=O) groups is 2. The van der Waals surface area contributed by atoms with Gasteiger partial charge in [-0.2, -0.15) is 0 Å². The number of nitrogens with two attached hydrogens (primary N) is 1. The highest BCUT2D eigenvalue weighted by molar-refractivity contribution is 5.76. The predicted octanol–water partition coefficient (Wildman–Crippen LogP) is 2.74. The molecule has 2 N–H and O–H groups in total. The summed E-state index contributed by atoms with van der Waals surface area (Å²) in [5.41, 5.74) is 5.14. The molecule has 0 heterocycles. The van der Waals surface area contributed by atoms with Gasteiger partial charge in [0.05, 0.1) is 12.5 Å². The monoisotopic (exact) mass is 355 g/mol. The second-order valence-electron chi connectivity index (χ2n) is 6.89. The van der Waals surface area contributed by atoms with Gasteiger partial charge >= 0.3 is 11.9 Å². The van der Waals surface area contributed by atoms with Gasteiger partial charge in [-0.25, -0.2) is 4.39 Å². The largest absolute Gasteiger partial charge is 0.496 e. The van der Waals surface area contributed by atoms with E-state index >= 15 is 0 Å². The Balaban J connectivity index is 3.23. The van der Waals surface area contributed by atoms with Crippen molar-refractivity contribution >= 4 is 11.9 Å². The third-order valence-corrected chi connectivity index (χ3v) is 3.45. The number of benzene rings is 1. The zero-order valence-corrected chi connectivity index (χ0v) is 15.5. The summed E-state index contributed by atoms with van der Waals surface area (Å²) >= 11 is 0. The Bertz CT molecular complexity index is 624. The maximum absolute atomic E-state index is 13.5. The number of ether oxygens (including phenoxy) is 3. The quantitative estimate of drug-likeness (QED) is 0.790. The molecule has 0 aliphatic heterocycles. The van der Waals surface area contributed by atoms with Crippen LogP contribution in [0.15, 0.2) is 18.2 Å². The summed E-state index contributed by atoms with van der Waals surface area (Å²) in [6, 6.07) is 3.00. The number of hydrogen-bond acceptors (Lipinski definition) is 6. The van der Waals surface area contributed by atoms with E-state index in [0.717, 1.165) is 0 Å². The maximum atomic E-state index is 13.5. The van der Waals surface area contributed by atoms with Crippen LogP contribution < -0.4 is 10.5 Å². The normalized spacial score (nSPS) is 15.0. The lowest BCUT2D eigenvalue weighted by Crippen LogP contribution is -2.36. The van der Waals surface area contributed by atoms with Crippen LogP contribution in [0.2, 0.25) is 0 Å². The lowest BCUT2D eigenvalue weighted by Gasteiger charge is -2.29. The molecule has 1 aromatic rings. The van der Waals surface area contributed by atoms with Gasteiger partial charge in [-0.1, -0.05) is 0 Å². The Morgan fingerprint density at radius 1 is 1.16 bits per heavy atom. The van der Waals surface area contributed by atoms with E-state index in [0.29, 0.717) is 5.56 Å². The molecule has 25 heavy (non-hydrogen) atoms. The van der Waals surface area contributed by atoms with Crippen LogP contribution in [-0.4, -0.2) is 31.2 Å². The Hall–Kier alpha value is -2.15. The van der Waals surface area contributed by atoms with Crippen molar-refractivity contribution in [3.8, 4) is 5.75 Å². The molecule has 1 aromatic carbocycles. The number of hydrogen-bond donors (Lipinski definition) is 1. The molecule has 1 rings (SSSR count). The van der Waals surface area contributed by atoms with Crippen LogP contribution in [0.5, 0.6) is 5.75 Å². The highest BCUT2D eigenvalue weighted by atomic mass is 19.1. The standard InChI is InChI=1S/C18H26FNO5/c1-10(20)16(21)24-11(2)15(25-17(22)18(3,4)5)13-8-7-12(19)9-14(13)23-6/h7-11,15H,20H2,1-6H3/t10-,11-,15-/m0/s1. The van der Waals surface area contributed by atoms with E-state index in [9.17, 15) is 14.0 Å². The Labute approximate surface area is 147 Å². The van der Waals surface area contributed by atoms with Gasteiger partial charge < -0.3 is 19.9 Å². The van der Waals surface area contributed by atoms with Crippen molar-refractivity contribution in [1.82, 2.24) is 0 Å². The Morgan fingerprint density at radius 3 is 2.24 bits per heavy atom. The van der Waals surface area contributed by atoms with Crippen molar-refractivity contribution < 1.29 is 28.2 Å². The summed E-state index contributed by atoms with van der Waals surface area (Å²) in [6.45, 7) is 8.17. The first-order valence-electron chi connectivity index (χ1n) is 7.98. The first-order chi connectivity index (χ1) is 11.5. The molecule has 0 radical (unpaired) electrons. The molecule has 0 aliphatic rings. The molecule has 0 aliphatic carbocycles. The average molecular weight is 355 g/mol. The third kappa shape index (κ3) is 5.70. The van der Waals surface area contributed by atoms with Crippen molar-refractivity contribution in [2.45, 2.75) is 52.9 Å². The molecule has 0 unspecified atom stereocenters. The molecular formula is C18H26FNO5. The van der Waals surface area contributed by atoms with E-state index in [1.807, 2.05) is 0 Å². The van der Waals surface area contributed by atoms with E-state index < -0.39 is 41.4 Å². The van der Waals surface area contributed by atoms with Crippen LogP contribution in [0.25, 0.3) is 0 Å². The minimum Gasteiger partial charge on any atom is -0.496 e. The molecule has 6 nitrogen and oxygen atoms in total. The zero-order valence-electron chi connectivity index (χ0n) is 15.5. The van der Waals surface area contributed by atoms with Crippen LogP contribution >= 0.6 is 0 Å². The van der Waals surface area contributed by atoms with E-state index in [4.69, 9.17) is 19.9 Å². The van der Waals surface area contributed by atoms with Crippen molar-refractivity contribution in [2.24, 2.45) is 11.1 Å². The van der Waals surface area contributed by atoms with Crippen LogP contribution in [0, 0.1) is 11.2 Å². The maximum Gasteiger partial charge on any atom is 0.323 e. The minimum absolute atomic E-state index is 0.190. The highest BCUT2D eigenvalue weighted by Crippen LogP contribution is 2.34. The summed E-state index contributed by atoms with van der Waals surface area (Å²) < 4.78 is 29.5. The van der Waals surface area contributed by atoms with E-state index in [1.54, 1.807) is 27.7 Å². The van der Waals surface area contributed by atoms with Gasteiger partial charge in [-0.15, -0.1) is 0 Å². The summed E-state index contributed by atoms with van der Waals surface area (Å²) in [5.74, 6) is -1.44. The van der Waals surface area contributed by atoms with Crippen LogP contribution in [0.3, 0.4) is 0 Å². The smallest absolute Gasteiger partial charge is 0.323 e. The zero-order chi connectivity index (χ0) is 19.4. The molecule has 0 bridgehead atoms. The lowest BCUT2D eigenvalue weighted by molar-refractivity contribution is -0.173. The van der Waals surface area contributed by atoms with Gasteiger partial charge in [0.25, 0.3) is 0 Å². The number of halogens is 1. The molecule has 3 atom stereocenters. The fourth-order valence-electron chi connectivity index (χ4n) is 1.98. The van der Waals surface area contributed by atoms with Gasteiger partial charge in [-0.05, 0) is 46.8 Å². The second-order valence-corrected chi connectivity index (χ2v) is 6.89. The lowest BCUT2D eigenvalue weighted by atomic mass is 9.96. The summed E-state index contributed by atoms with van der Waals surface area (Å²) in [6.07, 6.45) is -1.81. The molecule has 140 valence electrons.